The molecule has 3 unspecified atom stereocenters. The molecule has 0 amide bonds. The Bertz CT molecular complexity index is 921. The SMILES string of the molecule is CC(=O)OC(C)[C@H]1CC=C2C3CC[C@@H]4C[C@@H](OC(=O)c5ccccc5)CC[C@]4(C)C3CC[C@@H]21. The molecule has 1 aromatic carbocycles. The van der Waals surface area contributed by atoms with Crippen LogP contribution < -0.4 is 0 Å². The van der Waals surface area contributed by atoms with Crippen molar-refractivity contribution in [3.05, 3.63) is 47.5 Å². The molecule has 4 aliphatic carbocycles. The van der Waals surface area contributed by atoms with Crippen LogP contribution in [0.2, 0.25) is 0 Å². The lowest BCUT2D eigenvalue weighted by Crippen LogP contribution is -2.51. The van der Waals surface area contributed by atoms with E-state index in [0.29, 0.717) is 34.7 Å². The molecule has 0 radical (unpaired) electrons. The van der Waals surface area contributed by atoms with Gasteiger partial charge in [0.25, 0.3) is 0 Å². The molecule has 0 bridgehead atoms. The lowest BCUT2D eigenvalue weighted by molar-refractivity contribution is -0.149. The first kappa shape index (κ1) is 22.7. The Kier molecular flexibility index (Phi) is 6.13. The van der Waals surface area contributed by atoms with Gasteiger partial charge in [0.05, 0.1) is 5.56 Å². The Hall–Kier alpha value is -2.10. The van der Waals surface area contributed by atoms with Gasteiger partial charge >= 0.3 is 11.9 Å². The molecule has 4 heteroatoms. The maximum atomic E-state index is 12.6. The molecule has 3 saturated carbocycles. The summed E-state index contributed by atoms with van der Waals surface area (Å²) in [6.07, 6.45) is 11.7. The molecule has 0 N–H and O–H groups in total. The fourth-order valence-electron chi connectivity index (χ4n) is 8.06. The third kappa shape index (κ3) is 4.15. The van der Waals surface area contributed by atoms with Crippen LogP contribution in [0, 0.1) is 35.0 Å². The highest BCUT2D eigenvalue weighted by atomic mass is 16.5. The summed E-state index contributed by atoms with van der Waals surface area (Å²) in [6.45, 7) is 6.12. The van der Waals surface area contributed by atoms with Crippen molar-refractivity contribution in [1.82, 2.24) is 0 Å². The van der Waals surface area contributed by atoms with Gasteiger partial charge < -0.3 is 9.47 Å². The molecule has 0 aliphatic heterocycles. The number of hydrogen-bond donors (Lipinski definition) is 0. The molecule has 1 aromatic rings. The molecule has 4 nitrogen and oxygen atoms in total. The second-order valence-corrected chi connectivity index (χ2v) is 11.3. The molecule has 3 fully saturated rings. The zero-order chi connectivity index (χ0) is 23.2. The summed E-state index contributed by atoms with van der Waals surface area (Å²) in [4.78, 5) is 24.1. The first-order valence-corrected chi connectivity index (χ1v) is 13.0. The standard InChI is InChI=1S/C29H38O4/c1-18(32-19(2)30)23-11-12-25-24(23)13-14-27-26(25)10-9-21-17-22(15-16-29(21,27)3)33-28(31)20-7-5-4-6-8-20/h4-8,12,18,21-24,26-27H,9-11,13-17H2,1-3H3/t18?,21-,22+,23-,24-,26?,27?,29+/m1/s1. The molecular formula is C29H38O4. The lowest BCUT2D eigenvalue weighted by atomic mass is 9.48. The van der Waals surface area contributed by atoms with E-state index in [2.05, 4.69) is 19.9 Å². The summed E-state index contributed by atoms with van der Waals surface area (Å²) in [5.41, 5.74) is 2.66. The number of carbonyl (C=O) groups excluding carboxylic acids is 2. The van der Waals surface area contributed by atoms with Crippen LogP contribution in [-0.4, -0.2) is 24.1 Å². The highest BCUT2D eigenvalue weighted by Crippen LogP contribution is 2.63. The van der Waals surface area contributed by atoms with E-state index in [9.17, 15) is 9.59 Å². The first-order chi connectivity index (χ1) is 15.9. The van der Waals surface area contributed by atoms with Crippen molar-refractivity contribution in [3.8, 4) is 0 Å². The zero-order valence-corrected chi connectivity index (χ0v) is 20.3. The smallest absolute Gasteiger partial charge is 0.338 e. The van der Waals surface area contributed by atoms with Crippen LogP contribution in [0.25, 0.3) is 0 Å². The van der Waals surface area contributed by atoms with E-state index in [1.165, 1.54) is 32.6 Å². The molecule has 0 saturated heterocycles. The first-order valence-electron chi connectivity index (χ1n) is 13.0. The molecule has 0 spiro atoms. The van der Waals surface area contributed by atoms with Gasteiger partial charge in [-0.15, -0.1) is 0 Å². The van der Waals surface area contributed by atoms with Crippen LogP contribution >= 0.6 is 0 Å². The highest BCUT2D eigenvalue weighted by molar-refractivity contribution is 5.89. The number of rotatable bonds is 4. The Morgan fingerprint density at radius 1 is 1.03 bits per heavy atom. The lowest BCUT2D eigenvalue weighted by Gasteiger charge is -2.58. The molecule has 5 rings (SSSR count). The Morgan fingerprint density at radius 3 is 2.55 bits per heavy atom. The molecule has 33 heavy (non-hydrogen) atoms. The molecule has 0 heterocycles. The minimum atomic E-state index is -0.178. The maximum absolute atomic E-state index is 12.6. The number of allylic oxidation sites excluding steroid dienone is 2. The van der Waals surface area contributed by atoms with Gasteiger partial charge in [-0.05, 0) is 99.5 Å². The van der Waals surface area contributed by atoms with Crippen LogP contribution in [0.5, 0.6) is 0 Å². The van der Waals surface area contributed by atoms with Crippen molar-refractivity contribution in [1.29, 1.82) is 0 Å². The highest BCUT2D eigenvalue weighted by Gasteiger charge is 2.55. The minimum Gasteiger partial charge on any atom is -0.463 e. The number of esters is 2. The van der Waals surface area contributed by atoms with Gasteiger partial charge in [0.15, 0.2) is 0 Å². The van der Waals surface area contributed by atoms with E-state index >= 15 is 0 Å². The van der Waals surface area contributed by atoms with E-state index in [1.807, 2.05) is 30.3 Å². The van der Waals surface area contributed by atoms with Crippen molar-refractivity contribution < 1.29 is 19.1 Å². The van der Waals surface area contributed by atoms with Gasteiger partial charge in [0.2, 0.25) is 0 Å². The topological polar surface area (TPSA) is 52.6 Å². The second kappa shape index (κ2) is 8.92. The number of carbonyl (C=O) groups is 2. The molecule has 8 atom stereocenters. The summed E-state index contributed by atoms with van der Waals surface area (Å²) in [6, 6.07) is 9.38. The molecule has 0 aromatic heterocycles. The summed E-state index contributed by atoms with van der Waals surface area (Å²) < 4.78 is 11.5. The average Bonchev–Trinajstić information content (AvgIpc) is 3.24. The second-order valence-electron chi connectivity index (χ2n) is 11.3. The van der Waals surface area contributed by atoms with Crippen molar-refractivity contribution >= 4 is 11.9 Å². The number of fused-ring (bicyclic) bond motifs is 5. The summed E-state index contributed by atoms with van der Waals surface area (Å²) in [5, 5.41) is 0. The van der Waals surface area contributed by atoms with E-state index in [0.717, 1.165) is 31.6 Å². The minimum absolute atomic E-state index is 0.000496. The van der Waals surface area contributed by atoms with Crippen LogP contribution in [0.15, 0.2) is 42.0 Å². The molecule has 178 valence electrons. The number of benzene rings is 1. The van der Waals surface area contributed by atoms with Gasteiger partial charge in [-0.1, -0.05) is 36.8 Å². The molecular weight excluding hydrogens is 412 g/mol. The van der Waals surface area contributed by atoms with E-state index in [4.69, 9.17) is 9.47 Å². The predicted molar refractivity (Wildman–Crippen MR) is 127 cm³/mol. The van der Waals surface area contributed by atoms with E-state index in [-0.39, 0.29) is 24.1 Å². The summed E-state index contributed by atoms with van der Waals surface area (Å²) >= 11 is 0. The third-order valence-corrected chi connectivity index (χ3v) is 9.67. The maximum Gasteiger partial charge on any atom is 0.338 e. The van der Waals surface area contributed by atoms with Crippen molar-refractivity contribution in [2.45, 2.75) is 84.3 Å². The Labute approximate surface area is 198 Å². The van der Waals surface area contributed by atoms with Crippen LogP contribution in [0.3, 0.4) is 0 Å². The summed E-state index contributed by atoms with van der Waals surface area (Å²) in [7, 11) is 0. The van der Waals surface area contributed by atoms with Gasteiger partial charge in [0, 0.05) is 12.8 Å². The van der Waals surface area contributed by atoms with E-state index in [1.54, 1.807) is 5.57 Å². The van der Waals surface area contributed by atoms with Crippen LogP contribution in [0.1, 0.15) is 82.5 Å². The number of ether oxygens (including phenoxy) is 2. The monoisotopic (exact) mass is 450 g/mol. The fourth-order valence-corrected chi connectivity index (χ4v) is 8.06. The average molecular weight is 451 g/mol. The Morgan fingerprint density at radius 2 is 1.79 bits per heavy atom. The largest absolute Gasteiger partial charge is 0.463 e. The normalized spacial score (nSPS) is 38.2. The zero-order valence-electron chi connectivity index (χ0n) is 20.3. The van der Waals surface area contributed by atoms with E-state index < -0.39 is 0 Å². The predicted octanol–water partition coefficient (Wildman–Crippen LogP) is 6.35. The van der Waals surface area contributed by atoms with Crippen molar-refractivity contribution in [2.24, 2.45) is 35.0 Å². The van der Waals surface area contributed by atoms with Crippen molar-refractivity contribution in [2.75, 3.05) is 0 Å². The van der Waals surface area contributed by atoms with Gasteiger partial charge in [-0.3, -0.25) is 4.79 Å². The summed E-state index contributed by atoms with van der Waals surface area (Å²) in [5.74, 6) is 2.74. The quantitative estimate of drug-likeness (QED) is 0.396. The number of hydrogen-bond acceptors (Lipinski definition) is 4. The van der Waals surface area contributed by atoms with Crippen LogP contribution in [0.4, 0.5) is 0 Å². The van der Waals surface area contributed by atoms with Crippen LogP contribution in [-0.2, 0) is 14.3 Å². The van der Waals surface area contributed by atoms with Crippen molar-refractivity contribution in [3.63, 3.8) is 0 Å². The Balaban J connectivity index is 1.24. The van der Waals surface area contributed by atoms with Gasteiger partial charge in [-0.25, -0.2) is 4.79 Å². The molecule has 4 aliphatic rings. The van der Waals surface area contributed by atoms with Gasteiger partial charge in [-0.2, -0.15) is 0 Å². The van der Waals surface area contributed by atoms with Gasteiger partial charge in [0.1, 0.15) is 12.2 Å². The third-order valence-electron chi connectivity index (χ3n) is 9.67. The fraction of sp³-hybridized carbons (Fsp3) is 0.655.